The van der Waals surface area contributed by atoms with Crippen LogP contribution >= 0.6 is 12.2 Å². The summed E-state index contributed by atoms with van der Waals surface area (Å²) in [6.07, 6.45) is 3.96. The van der Waals surface area contributed by atoms with Crippen LogP contribution in [0.15, 0.2) is 47.2 Å². The third-order valence-corrected chi connectivity index (χ3v) is 3.16. The zero-order valence-corrected chi connectivity index (χ0v) is 11.9. The van der Waals surface area contributed by atoms with E-state index in [1.54, 1.807) is 23.2 Å². The van der Waals surface area contributed by atoms with Crippen LogP contribution in [0.5, 0.6) is 0 Å². The number of amides is 1. The van der Waals surface area contributed by atoms with E-state index in [4.69, 9.17) is 16.6 Å². The number of rotatable bonds is 4. The second-order valence-electron chi connectivity index (χ2n) is 4.23. The quantitative estimate of drug-likeness (QED) is 0.871. The Morgan fingerprint density at radius 2 is 2.25 bits per heavy atom. The first-order chi connectivity index (χ1) is 9.66. The Balaban J connectivity index is 1.82. The van der Waals surface area contributed by atoms with Gasteiger partial charge < -0.3 is 9.32 Å². The van der Waals surface area contributed by atoms with Gasteiger partial charge in [0.15, 0.2) is 10.9 Å². The number of nitrogens with zero attached hydrogens (tertiary/aromatic N) is 2. The molecule has 2 rings (SSSR count). The maximum absolute atomic E-state index is 11.8. The lowest BCUT2D eigenvalue weighted by Crippen LogP contribution is -2.41. The highest BCUT2D eigenvalue weighted by molar-refractivity contribution is 7.80. The van der Waals surface area contributed by atoms with Crippen LogP contribution in [0.4, 0.5) is 0 Å². The van der Waals surface area contributed by atoms with Crippen LogP contribution in [-0.4, -0.2) is 34.5 Å². The maximum Gasteiger partial charge on any atom is 0.293 e. The van der Waals surface area contributed by atoms with Crippen molar-refractivity contribution >= 4 is 23.2 Å². The molecular weight excluding hydrogens is 274 g/mol. The highest BCUT2D eigenvalue weighted by Crippen LogP contribution is 2.01. The first-order valence-corrected chi connectivity index (χ1v) is 6.57. The van der Waals surface area contributed by atoms with Gasteiger partial charge in [0.05, 0.1) is 6.26 Å². The van der Waals surface area contributed by atoms with Gasteiger partial charge >= 0.3 is 0 Å². The molecule has 2 aromatic rings. The lowest BCUT2D eigenvalue weighted by Gasteiger charge is -2.19. The van der Waals surface area contributed by atoms with E-state index in [-0.39, 0.29) is 11.7 Å². The number of furan rings is 1. The van der Waals surface area contributed by atoms with E-state index < -0.39 is 0 Å². The molecule has 0 saturated carbocycles. The summed E-state index contributed by atoms with van der Waals surface area (Å²) in [6.45, 7) is 0.675. The number of nitrogens with one attached hydrogen (secondary N) is 1. The van der Waals surface area contributed by atoms with Crippen LogP contribution in [0.25, 0.3) is 0 Å². The Labute approximate surface area is 122 Å². The van der Waals surface area contributed by atoms with Gasteiger partial charge in [-0.15, -0.1) is 0 Å². The molecular formula is C14H15N3O2S. The van der Waals surface area contributed by atoms with Gasteiger partial charge in [-0.05, 0) is 36.5 Å². The average Bonchev–Trinajstić information content (AvgIpc) is 3.00. The second-order valence-corrected chi connectivity index (χ2v) is 4.62. The number of hydrogen-bond donors (Lipinski definition) is 1. The molecule has 0 radical (unpaired) electrons. The fourth-order valence-corrected chi connectivity index (χ4v) is 1.78. The Bertz CT molecular complexity index is 569. The van der Waals surface area contributed by atoms with Crippen molar-refractivity contribution < 1.29 is 9.21 Å². The Kier molecular flexibility index (Phi) is 4.84. The molecule has 0 spiro atoms. The van der Waals surface area contributed by atoms with Crippen LogP contribution in [0, 0.1) is 0 Å². The molecule has 0 aromatic carbocycles. The number of likely N-dealkylation sites (N-methyl/N-ethyl adjacent to an activating group) is 1. The molecule has 0 bridgehead atoms. The number of pyridine rings is 1. The molecule has 6 heteroatoms. The number of thiocarbonyl (C=S) groups is 1. The minimum absolute atomic E-state index is 0.241. The molecule has 104 valence electrons. The van der Waals surface area contributed by atoms with Crippen molar-refractivity contribution in [3.05, 3.63) is 54.2 Å². The molecule has 1 amide bonds. The van der Waals surface area contributed by atoms with Crippen LogP contribution in [0.1, 0.15) is 16.2 Å². The van der Waals surface area contributed by atoms with Gasteiger partial charge in [-0.2, -0.15) is 0 Å². The zero-order chi connectivity index (χ0) is 14.4. The standard InChI is InChI=1S/C14H15N3O2S/c1-17(9-7-11-5-2-3-8-15-11)14(20)16-13(18)12-6-4-10-19-12/h2-6,8,10H,7,9H2,1H3,(H,16,18,20). The molecule has 0 aliphatic rings. The molecule has 2 aromatic heterocycles. The highest BCUT2D eigenvalue weighted by Gasteiger charge is 2.12. The van der Waals surface area contributed by atoms with E-state index in [1.807, 2.05) is 25.2 Å². The first kappa shape index (κ1) is 14.2. The van der Waals surface area contributed by atoms with Gasteiger partial charge in [-0.25, -0.2) is 0 Å². The second kappa shape index (κ2) is 6.81. The fourth-order valence-electron chi connectivity index (χ4n) is 1.59. The largest absolute Gasteiger partial charge is 0.459 e. The summed E-state index contributed by atoms with van der Waals surface area (Å²) in [6, 6.07) is 9.02. The van der Waals surface area contributed by atoms with Crippen molar-refractivity contribution in [1.82, 2.24) is 15.2 Å². The molecule has 0 unspecified atom stereocenters. The van der Waals surface area contributed by atoms with E-state index in [0.717, 1.165) is 12.1 Å². The van der Waals surface area contributed by atoms with Gasteiger partial charge in [-0.1, -0.05) is 6.07 Å². The Morgan fingerprint density at radius 1 is 1.40 bits per heavy atom. The van der Waals surface area contributed by atoms with Gasteiger partial charge in [0.25, 0.3) is 5.91 Å². The molecule has 1 N–H and O–H groups in total. The topological polar surface area (TPSA) is 58.4 Å². The van der Waals surface area contributed by atoms with Crippen LogP contribution in [-0.2, 0) is 6.42 Å². The van der Waals surface area contributed by atoms with E-state index in [9.17, 15) is 4.79 Å². The maximum atomic E-state index is 11.8. The predicted octanol–water partition coefficient (Wildman–Crippen LogP) is 1.86. The van der Waals surface area contributed by atoms with E-state index in [0.29, 0.717) is 11.7 Å². The smallest absolute Gasteiger partial charge is 0.293 e. The molecule has 2 heterocycles. The molecule has 20 heavy (non-hydrogen) atoms. The monoisotopic (exact) mass is 289 g/mol. The van der Waals surface area contributed by atoms with Gasteiger partial charge in [-0.3, -0.25) is 15.1 Å². The van der Waals surface area contributed by atoms with Crippen molar-refractivity contribution in [3.8, 4) is 0 Å². The third kappa shape index (κ3) is 3.89. The van der Waals surface area contributed by atoms with Gasteiger partial charge in [0.1, 0.15) is 0 Å². The SMILES string of the molecule is CN(CCc1ccccn1)C(=S)NC(=O)c1ccco1. The number of aromatic nitrogens is 1. The lowest BCUT2D eigenvalue weighted by molar-refractivity contribution is 0.0947. The van der Waals surface area contributed by atoms with E-state index >= 15 is 0 Å². The van der Waals surface area contributed by atoms with Crippen LogP contribution in [0.2, 0.25) is 0 Å². The van der Waals surface area contributed by atoms with Crippen molar-refractivity contribution in [2.75, 3.05) is 13.6 Å². The zero-order valence-electron chi connectivity index (χ0n) is 11.1. The summed E-state index contributed by atoms with van der Waals surface area (Å²) in [4.78, 5) is 17.8. The first-order valence-electron chi connectivity index (χ1n) is 6.16. The molecule has 0 saturated heterocycles. The van der Waals surface area contributed by atoms with Crippen molar-refractivity contribution in [3.63, 3.8) is 0 Å². The fraction of sp³-hybridized carbons (Fsp3) is 0.214. The van der Waals surface area contributed by atoms with E-state index in [2.05, 4.69) is 10.3 Å². The van der Waals surface area contributed by atoms with Crippen LogP contribution in [0.3, 0.4) is 0 Å². The minimum Gasteiger partial charge on any atom is -0.459 e. The normalized spacial score (nSPS) is 10.1. The predicted molar refractivity (Wildman–Crippen MR) is 79.3 cm³/mol. The summed E-state index contributed by atoms with van der Waals surface area (Å²) in [7, 11) is 1.83. The molecule has 5 nitrogen and oxygen atoms in total. The summed E-state index contributed by atoms with van der Waals surface area (Å²) < 4.78 is 5.01. The van der Waals surface area contributed by atoms with Crippen molar-refractivity contribution in [2.24, 2.45) is 0 Å². The van der Waals surface area contributed by atoms with Crippen molar-refractivity contribution in [2.45, 2.75) is 6.42 Å². The number of hydrogen-bond acceptors (Lipinski definition) is 4. The number of carbonyl (C=O) groups is 1. The third-order valence-electron chi connectivity index (χ3n) is 2.74. The Morgan fingerprint density at radius 3 is 2.90 bits per heavy atom. The molecule has 0 aliphatic heterocycles. The molecule has 0 fully saturated rings. The number of carbonyl (C=O) groups excluding carboxylic acids is 1. The summed E-state index contributed by atoms with van der Waals surface area (Å²) in [5, 5.41) is 2.99. The van der Waals surface area contributed by atoms with Gasteiger partial charge in [0.2, 0.25) is 0 Å². The summed E-state index contributed by atoms with van der Waals surface area (Å²) >= 11 is 5.17. The molecule has 0 atom stereocenters. The van der Waals surface area contributed by atoms with E-state index in [1.165, 1.54) is 6.26 Å². The summed E-state index contributed by atoms with van der Waals surface area (Å²) in [5.74, 6) is -0.102. The lowest BCUT2D eigenvalue weighted by atomic mass is 10.2. The summed E-state index contributed by atoms with van der Waals surface area (Å²) in [5.41, 5.74) is 0.986. The minimum atomic E-state index is -0.343. The van der Waals surface area contributed by atoms with Crippen LogP contribution < -0.4 is 5.32 Å². The highest BCUT2D eigenvalue weighted by atomic mass is 32.1. The average molecular weight is 289 g/mol. The van der Waals surface area contributed by atoms with Crippen molar-refractivity contribution in [1.29, 1.82) is 0 Å². The Hall–Kier alpha value is -2.21. The van der Waals surface area contributed by atoms with Gasteiger partial charge in [0, 0.05) is 31.9 Å². The molecule has 0 aliphatic carbocycles.